The molecule has 0 fully saturated rings. The number of unbranched alkanes of at least 4 members (excludes halogenated alkanes) is 1. The van der Waals surface area contributed by atoms with Gasteiger partial charge in [0.25, 0.3) is 0 Å². The molecule has 0 radical (unpaired) electrons. The molecular weight excluding hydrogens is 320 g/mol. The Balaban J connectivity index is 1.93. The summed E-state index contributed by atoms with van der Waals surface area (Å²) in [5.41, 5.74) is 4.76. The third-order valence-electron chi connectivity index (χ3n) is 4.42. The molecule has 1 atom stereocenters. The summed E-state index contributed by atoms with van der Waals surface area (Å²) in [7, 11) is 0. The number of nitrogens with one attached hydrogen (secondary N) is 1. The van der Waals surface area contributed by atoms with E-state index in [2.05, 4.69) is 12.2 Å². The highest BCUT2D eigenvalue weighted by Gasteiger charge is 2.13. The summed E-state index contributed by atoms with van der Waals surface area (Å²) >= 11 is 0. The van der Waals surface area contributed by atoms with Gasteiger partial charge < -0.3 is 10.4 Å². The molecule has 1 aromatic heterocycles. The van der Waals surface area contributed by atoms with Crippen LogP contribution in [0.15, 0.2) is 72.8 Å². The molecule has 3 nitrogen and oxygen atoms in total. The number of aromatic nitrogens is 1. The van der Waals surface area contributed by atoms with Crippen molar-refractivity contribution in [3.63, 3.8) is 0 Å². The molecule has 0 aliphatic rings. The average Bonchev–Trinajstić information content (AvgIpc) is 2.72. The van der Waals surface area contributed by atoms with Crippen LogP contribution >= 0.6 is 0 Å². The third kappa shape index (κ3) is 4.78. The van der Waals surface area contributed by atoms with Crippen LogP contribution in [0, 0.1) is 0 Å². The zero-order valence-electron chi connectivity index (χ0n) is 15.2. The lowest BCUT2D eigenvalue weighted by atomic mass is 10.0. The van der Waals surface area contributed by atoms with Gasteiger partial charge in [-0.25, -0.2) is 4.98 Å². The Morgan fingerprint density at radius 2 is 1.42 bits per heavy atom. The van der Waals surface area contributed by atoms with Crippen molar-refractivity contribution in [1.82, 2.24) is 10.3 Å². The fourth-order valence-electron chi connectivity index (χ4n) is 2.92. The van der Waals surface area contributed by atoms with E-state index in [-0.39, 0.29) is 0 Å². The lowest BCUT2D eigenvalue weighted by molar-refractivity contribution is 0.175. The van der Waals surface area contributed by atoms with Gasteiger partial charge in [0.1, 0.15) is 0 Å². The second-order valence-electron chi connectivity index (χ2n) is 6.48. The number of rotatable bonds is 8. The Morgan fingerprint density at radius 1 is 0.885 bits per heavy atom. The van der Waals surface area contributed by atoms with E-state index >= 15 is 0 Å². The second kappa shape index (κ2) is 9.27. The maximum atomic E-state index is 10.7. The van der Waals surface area contributed by atoms with Gasteiger partial charge in [0.15, 0.2) is 0 Å². The zero-order valence-corrected chi connectivity index (χ0v) is 15.2. The highest BCUT2D eigenvalue weighted by molar-refractivity contribution is 5.67. The fourth-order valence-corrected chi connectivity index (χ4v) is 2.92. The molecule has 2 N–H and O–H groups in total. The Bertz CT molecular complexity index is 745. The minimum Gasteiger partial charge on any atom is -0.387 e. The molecule has 26 heavy (non-hydrogen) atoms. The molecule has 3 heteroatoms. The summed E-state index contributed by atoms with van der Waals surface area (Å²) in [6.45, 7) is 3.64. The number of hydrogen-bond donors (Lipinski definition) is 2. The van der Waals surface area contributed by atoms with Crippen LogP contribution in [-0.2, 0) is 0 Å². The van der Waals surface area contributed by atoms with E-state index in [0.717, 1.165) is 47.5 Å². The van der Waals surface area contributed by atoms with Crippen LogP contribution in [-0.4, -0.2) is 23.2 Å². The van der Waals surface area contributed by atoms with Crippen LogP contribution in [0.25, 0.3) is 22.5 Å². The molecule has 1 unspecified atom stereocenters. The molecule has 3 aromatic rings. The van der Waals surface area contributed by atoms with Crippen molar-refractivity contribution in [3.8, 4) is 22.5 Å². The lowest BCUT2D eigenvalue weighted by Gasteiger charge is -2.15. The van der Waals surface area contributed by atoms with Crippen molar-refractivity contribution in [2.75, 3.05) is 13.1 Å². The van der Waals surface area contributed by atoms with Crippen LogP contribution in [0.1, 0.15) is 31.4 Å². The van der Waals surface area contributed by atoms with Crippen LogP contribution in [0.5, 0.6) is 0 Å². The van der Waals surface area contributed by atoms with Gasteiger partial charge in [0.05, 0.1) is 17.5 Å². The second-order valence-corrected chi connectivity index (χ2v) is 6.48. The molecule has 0 saturated heterocycles. The number of hydrogen-bond acceptors (Lipinski definition) is 3. The molecule has 0 spiro atoms. The van der Waals surface area contributed by atoms with Crippen LogP contribution in [0.4, 0.5) is 0 Å². The average molecular weight is 346 g/mol. The summed E-state index contributed by atoms with van der Waals surface area (Å²) in [4.78, 5) is 4.83. The summed E-state index contributed by atoms with van der Waals surface area (Å²) in [6.07, 6.45) is 1.71. The van der Waals surface area contributed by atoms with Crippen molar-refractivity contribution in [1.29, 1.82) is 0 Å². The van der Waals surface area contributed by atoms with Crippen LogP contribution in [0.3, 0.4) is 0 Å². The Morgan fingerprint density at radius 3 is 1.92 bits per heavy atom. The Kier molecular flexibility index (Phi) is 6.53. The number of aliphatic hydroxyl groups excluding tert-OH is 1. The molecule has 0 amide bonds. The van der Waals surface area contributed by atoms with Gasteiger partial charge in [-0.15, -0.1) is 0 Å². The molecule has 3 rings (SSSR count). The first kappa shape index (κ1) is 18.3. The van der Waals surface area contributed by atoms with Crippen molar-refractivity contribution < 1.29 is 5.11 Å². The molecule has 0 aliphatic carbocycles. The minimum atomic E-state index is -0.556. The fraction of sp³-hybridized carbons (Fsp3) is 0.261. The SMILES string of the molecule is CCCCNCC(O)c1cc(-c2ccccc2)nc(-c2ccccc2)c1. The maximum absolute atomic E-state index is 10.7. The normalized spacial score (nSPS) is 12.1. The largest absolute Gasteiger partial charge is 0.387 e. The van der Waals surface area contributed by atoms with Gasteiger partial charge in [0.2, 0.25) is 0 Å². The number of benzene rings is 2. The van der Waals surface area contributed by atoms with Gasteiger partial charge in [0, 0.05) is 17.7 Å². The van der Waals surface area contributed by atoms with Gasteiger partial charge >= 0.3 is 0 Å². The first-order valence-electron chi connectivity index (χ1n) is 9.29. The van der Waals surface area contributed by atoms with Gasteiger partial charge in [-0.3, -0.25) is 0 Å². The van der Waals surface area contributed by atoms with E-state index in [9.17, 15) is 5.11 Å². The first-order chi connectivity index (χ1) is 12.8. The molecule has 0 aliphatic heterocycles. The monoisotopic (exact) mass is 346 g/mol. The van der Waals surface area contributed by atoms with Gasteiger partial charge in [-0.05, 0) is 30.7 Å². The summed E-state index contributed by atoms with van der Waals surface area (Å²) < 4.78 is 0. The van der Waals surface area contributed by atoms with Crippen LogP contribution in [0.2, 0.25) is 0 Å². The smallest absolute Gasteiger partial charge is 0.0915 e. The van der Waals surface area contributed by atoms with Crippen molar-refractivity contribution in [2.45, 2.75) is 25.9 Å². The summed E-state index contributed by atoms with van der Waals surface area (Å²) in [6, 6.07) is 24.2. The van der Waals surface area contributed by atoms with Crippen molar-refractivity contribution in [2.24, 2.45) is 0 Å². The number of aliphatic hydroxyl groups is 1. The predicted octanol–water partition coefficient (Wildman–Crippen LogP) is 4.84. The summed E-state index contributed by atoms with van der Waals surface area (Å²) in [5, 5.41) is 14.0. The van der Waals surface area contributed by atoms with E-state index in [0.29, 0.717) is 6.54 Å². The van der Waals surface area contributed by atoms with Crippen molar-refractivity contribution in [3.05, 3.63) is 78.4 Å². The number of pyridine rings is 1. The van der Waals surface area contributed by atoms with E-state index in [1.807, 2.05) is 72.8 Å². The maximum Gasteiger partial charge on any atom is 0.0915 e. The quantitative estimate of drug-likeness (QED) is 0.574. The lowest BCUT2D eigenvalue weighted by Crippen LogP contribution is -2.22. The molecule has 2 aromatic carbocycles. The van der Waals surface area contributed by atoms with E-state index in [1.165, 1.54) is 0 Å². The standard InChI is InChI=1S/C23H26N2O/c1-2-3-14-24-17-23(26)20-15-21(18-10-6-4-7-11-18)25-22(16-20)19-12-8-5-9-13-19/h4-13,15-16,23-24,26H,2-3,14,17H2,1H3. The topological polar surface area (TPSA) is 45.1 Å². The minimum absolute atomic E-state index is 0.548. The highest BCUT2D eigenvalue weighted by Crippen LogP contribution is 2.27. The van der Waals surface area contributed by atoms with Crippen molar-refractivity contribution >= 4 is 0 Å². The Hall–Kier alpha value is -2.49. The molecule has 1 heterocycles. The van der Waals surface area contributed by atoms with Gasteiger partial charge in [-0.2, -0.15) is 0 Å². The van der Waals surface area contributed by atoms with Gasteiger partial charge in [-0.1, -0.05) is 74.0 Å². The predicted molar refractivity (Wildman–Crippen MR) is 108 cm³/mol. The molecule has 0 bridgehead atoms. The van der Waals surface area contributed by atoms with E-state index < -0.39 is 6.10 Å². The third-order valence-corrected chi connectivity index (χ3v) is 4.42. The molecule has 134 valence electrons. The Labute approximate surface area is 155 Å². The number of nitrogens with zero attached hydrogens (tertiary/aromatic N) is 1. The summed E-state index contributed by atoms with van der Waals surface area (Å²) in [5.74, 6) is 0. The first-order valence-corrected chi connectivity index (χ1v) is 9.29. The van der Waals surface area contributed by atoms with Crippen LogP contribution < -0.4 is 5.32 Å². The van der Waals surface area contributed by atoms with E-state index in [4.69, 9.17) is 4.98 Å². The molecule has 0 saturated carbocycles. The zero-order chi connectivity index (χ0) is 18.2. The highest BCUT2D eigenvalue weighted by atomic mass is 16.3. The molecular formula is C23H26N2O. The van der Waals surface area contributed by atoms with E-state index in [1.54, 1.807) is 0 Å².